The molecule has 0 aromatic carbocycles. The van der Waals surface area contributed by atoms with E-state index in [1.54, 1.807) is 6.92 Å². The van der Waals surface area contributed by atoms with Crippen molar-refractivity contribution in [3.8, 4) is 0 Å². The first-order valence-corrected chi connectivity index (χ1v) is 6.39. The molecule has 0 spiro atoms. The first-order valence-electron chi connectivity index (χ1n) is 5.76. The van der Waals surface area contributed by atoms with Crippen LogP contribution >= 0.6 is 12.6 Å². The Morgan fingerprint density at radius 1 is 1.00 bits per heavy atom. The number of carbonyl (C=O) groups excluding carboxylic acids is 3. The highest BCUT2D eigenvalue weighted by Gasteiger charge is 2.22. The summed E-state index contributed by atoms with van der Waals surface area (Å²) in [5.41, 5.74) is 0. The summed E-state index contributed by atoms with van der Waals surface area (Å²) in [6, 6.07) is -1.39. The van der Waals surface area contributed by atoms with Gasteiger partial charge in [0.05, 0.1) is 0 Å². The summed E-state index contributed by atoms with van der Waals surface area (Å²) < 4.78 is 0. The van der Waals surface area contributed by atoms with Gasteiger partial charge in [0.1, 0.15) is 12.1 Å². The first kappa shape index (κ1) is 16.8. The zero-order valence-electron chi connectivity index (χ0n) is 11.1. The van der Waals surface area contributed by atoms with Crippen LogP contribution in [-0.2, 0) is 14.4 Å². The molecule has 0 aromatic rings. The highest BCUT2D eigenvalue weighted by atomic mass is 32.1. The first-order chi connectivity index (χ1) is 8.27. The van der Waals surface area contributed by atoms with E-state index in [0.717, 1.165) is 0 Å². The second kappa shape index (κ2) is 7.97. The molecule has 2 atom stereocenters. The second-order valence-electron chi connectivity index (χ2n) is 4.33. The standard InChI is InChI=1S/C11H21N3O3S/c1-6(2)12-10(16)7(3)13-11(17)9(5-18)14-8(4)15/h6-7,9,18H,5H2,1-4H3,(H,12,16)(H,13,17)(H,14,15). The zero-order valence-corrected chi connectivity index (χ0v) is 12.0. The molecule has 0 saturated carbocycles. The van der Waals surface area contributed by atoms with Gasteiger partial charge in [0, 0.05) is 18.7 Å². The van der Waals surface area contributed by atoms with E-state index in [1.807, 2.05) is 13.8 Å². The molecule has 0 bridgehead atoms. The van der Waals surface area contributed by atoms with Crippen LogP contribution in [0.3, 0.4) is 0 Å². The molecule has 0 heterocycles. The quantitative estimate of drug-likeness (QED) is 0.491. The molecule has 0 aliphatic heterocycles. The lowest BCUT2D eigenvalue weighted by Crippen LogP contribution is -2.53. The van der Waals surface area contributed by atoms with Crippen LogP contribution in [0.25, 0.3) is 0 Å². The van der Waals surface area contributed by atoms with Gasteiger partial charge < -0.3 is 16.0 Å². The van der Waals surface area contributed by atoms with Gasteiger partial charge in [0.2, 0.25) is 17.7 Å². The second-order valence-corrected chi connectivity index (χ2v) is 4.69. The number of hydrogen-bond donors (Lipinski definition) is 4. The molecule has 3 amide bonds. The number of amides is 3. The summed E-state index contributed by atoms with van der Waals surface area (Å²) in [5, 5.41) is 7.67. The van der Waals surface area contributed by atoms with E-state index in [1.165, 1.54) is 6.92 Å². The average molecular weight is 275 g/mol. The van der Waals surface area contributed by atoms with Gasteiger partial charge in [-0.25, -0.2) is 0 Å². The van der Waals surface area contributed by atoms with Crippen molar-refractivity contribution in [2.75, 3.05) is 5.75 Å². The lowest BCUT2D eigenvalue weighted by atomic mass is 10.2. The van der Waals surface area contributed by atoms with Gasteiger partial charge in [-0.1, -0.05) is 0 Å². The maximum Gasteiger partial charge on any atom is 0.244 e. The van der Waals surface area contributed by atoms with Crippen LogP contribution < -0.4 is 16.0 Å². The van der Waals surface area contributed by atoms with Crippen LogP contribution in [0, 0.1) is 0 Å². The van der Waals surface area contributed by atoms with Crippen molar-refractivity contribution >= 4 is 30.4 Å². The third-order valence-electron chi connectivity index (χ3n) is 2.06. The molecule has 6 nitrogen and oxygen atoms in total. The Morgan fingerprint density at radius 3 is 1.94 bits per heavy atom. The maximum absolute atomic E-state index is 11.8. The van der Waals surface area contributed by atoms with Crippen LogP contribution in [0.2, 0.25) is 0 Å². The number of nitrogens with one attached hydrogen (secondary N) is 3. The fourth-order valence-corrected chi connectivity index (χ4v) is 1.49. The van der Waals surface area contributed by atoms with Crippen LogP contribution in [0.5, 0.6) is 0 Å². The van der Waals surface area contributed by atoms with Gasteiger partial charge in [0.15, 0.2) is 0 Å². The van der Waals surface area contributed by atoms with Crippen LogP contribution in [-0.4, -0.2) is 41.6 Å². The lowest BCUT2D eigenvalue weighted by Gasteiger charge is -2.20. The molecule has 3 N–H and O–H groups in total. The van der Waals surface area contributed by atoms with Crippen molar-refractivity contribution in [1.29, 1.82) is 0 Å². The molecule has 7 heteroatoms. The molecule has 18 heavy (non-hydrogen) atoms. The minimum absolute atomic E-state index is 0.00729. The summed E-state index contributed by atoms with van der Waals surface area (Å²) in [6.07, 6.45) is 0. The average Bonchev–Trinajstić information content (AvgIpc) is 2.24. The zero-order chi connectivity index (χ0) is 14.3. The van der Waals surface area contributed by atoms with Crippen molar-refractivity contribution in [2.45, 2.75) is 45.8 Å². The van der Waals surface area contributed by atoms with E-state index < -0.39 is 18.0 Å². The highest BCUT2D eigenvalue weighted by molar-refractivity contribution is 7.80. The van der Waals surface area contributed by atoms with E-state index in [-0.39, 0.29) is 23.6 Å². The van der Waals surface area contributed by atoms with Gasteiger partial charge >= 0.3 is 0 Å². The van der Waals surface area contributed by atoms with Gasteiger partial charge in [-0.05, 0) is 20.8 Å². The van der Waals surface area contributed by atoms with E-state index in [2.05, 4.69) is 28.6 Å². The molecular formula is C11H21N3O3S. The molecule has 0 fully saturated rings. The molecule has 2 unspecified atom stereocenters. The molecular weight excluding hydrogens is 254 g/mol. The summed E-state index contributed by atoms with van der Waals surface area (Å²) in [7, 11) is 0. The molecule has 0 radical (unpaired) electrons. The van der Waals surface area contributed by atoms with Gasteiger partial charge in [-0.3, -0.25) is 14.4 Å². The fourth-order valence-electron chi connectivity index (χ4n) is 1.23. The summed E-state index contributed by atoms with van der Waals surface area (Å²) in [5.74, 6) is -0.835. The smallest absolute Gasteiger partial charge is 0.244 e. The number of thiol groups is 1. The molecule has 0 aromatic heterocycles. The Hall–Kier alpha value is -1.24. The summed E-state index contributed by atoms with van der Waals surface area (Å²) in [4.78, 5) is 34.2. The SMILES string of the molecule is CC(=O)NC(CS)C(=O)NC(C)C(=O)NC(C)C. The molecule has 0 aliphatic carbocycles. The Balaban J connectivity index is 4.35. The Labute approximate surface area is 113 Å². The molecule has 0 aliphatic rings. The van der Waals surface area contributed by atoms with E-state index in [4.69, 9.17) is 0 Å². The third-order valence-corrected chi connectivity index (χ3v) is 2.42. The summed E-state index contributed by atoms with van der Waals surface area (Å²) in [6.45, 7) is 6.57. The van der Waals surface area contributed by atoms with Crippen molar-refractivity contribution < 1.29 is 14.4 Å². The van der Waals surface area contributed by atoms with Crippen molar-refractivity contribution in [3.05, 3.63) is 0 Å². The van der Waals surface area contributed by atoms with Crippen LogP contribution in [0.15, 0.2) is 0 Å². The number of carbonyl (C=O) groups is 3. The molecule has 0 rings (SSSR count). The van der Waals surface area contributed by atoms with E-state index in [0.29, 0.717) is 0 Å². The predicted molar refractivity (Wildman–Crippen MR) is 72.3 cm³/mol. The Bertz CT molecular complexity index is 321. The molecule has 104 valence electrons. The van der Waals surface area contributed by atoms with Crippen LogP contribution in [0.4, 0.5) is 0 Å². The van der Waals surface area contributed by atoms with Crippen molar-refractivity contribution in [3.63, 3.8) is 0 Å². The largest absolute Gasteiger partial charge is 0.352 e. The third kappa shape index (κ3) is 6.48. The minimum atomic E-state index is -0.736. The predicted octanol–water partition coefficient (Wildman–Crippen LogP) is -0.550. The maximum atomic E-state index is 11.8. The number of hydrogen-bond acceptors (Lipinski definition) is 4. The minimum Gasteiger partial charge on any atom is -0.352 e. The van der Waals surface area contributed by atoms with Crippen molar-refractivity contribution in [2.24, 2.45) is 0 Å². The topological polar surface area (TPSA) is 87.3 Å². The van der Waals surface area contributed by atoms with Gasteiger partial charge in [-0.15, -0.1) is 0 Å². The normalized spacial score (nSPS) is 13.7. The molecule has 0 saturated heterocycles. The summed E-state index contributed by atoms with van der Waals surface area (Å²) >= 11 is 3.98. The Kier molecular flexibility index (Phi) is 7.42. The number of rotatable bonds is 6. The van der Waals surface area contributed by atoms with Crippen LogP contribution in [0.1, 0.15) is 27.7 Å². The van der Waals surface area contributed by atoms with E-state index in [9.17, 15) is 14.4 Å². The highest BCUT2D eigenvalue weighted by Crippen LogP contribution is 1.92. The van der Waals surface area contributed by atoms with E-state index >= 15 is 0 Å². The Morgan fingerprint density at radius 2 is 1.56 bits per heavy atom. The fraction of sp³-hybridized carbons (Fsp3) is 0.727. The lowest BCUT2D eigenvalue weighted by molar-refractivity contribution is -0.131. The van der Waals surface area contributed by atoms with Crippen molar-refractivity contribution in [1.82, 2.24) is 16.0 Å². The monoisotopic (exact) mass is 275 g/mol. The van der Waals surface area contributed by atoms with Gasteiger partial charge in [0.25, 0.3) is 0 Å². The van der Waals surface area contributed by atoms with Gasteiger partial charge in [-0.2, -0.15) is 12.6 Å².